The van der Waals surface area contributed by atoms with Crippen molar-refractivity contribution in [3.05, 3.63) is 41.7 Å². The van der Waals surface area contributed by atoms with E-state index < -0.39 is 0 Å². The molecule has 0 spiro atoms. The van der Waals surface area contributed by atoms with Crippen molar-refractivity contribution in [2.45, 2.75) is 13.5 Å². The number of aliphatic hydroxyl groups excluding tert-OH is 1. The van der Waals surface area contributed by atoms with E-state index in [1.54, 1.807) is 25.1 Å². The average Bonchev–Trinajstić information content (AvgIpc) is 2.41. The lowest BCUT2D eigenvalue weighted by atomic mass is 10.2. The number of nitrogens with two attached hydrogens (primary N) is 1. The van der Waals surface area contributed by atoms with Crippen molar-refractivity contribution in [3.63, 3.8) is 0 Å². The van der Waals surface area contributed by atoms with Crippen LogP contribution >= 0.6 is 0 Å². The maximum atomic E-state index is 9.06. The molecule has 0 bridgehead atoms. The zero-order chi connectivity index (χ0) is 13.0. The maximum absolute atomic E-state index is 9.06. The Morgan fingerprint density at radius 3 is 2.94 bits per heavy atom. The number of nitrogens with one attached hydrogen (secondary N) is 1. The second-order valence-electron chi connectivity index (χ2n) is 3.70. The number of nitrogens with zero attached hydrogens (tertiary/aromatic N) is 2. The van der Waals surface area contributed by atoms with Crippen LogP contribution in [0.25, 0.3) is 0 Å². The quantitative estimate of drug-likeness (QED) is 0.557. The molecule has 1 aromatic carbocycles. The molecule has 0 aliphatic carbocycles. The Bertz CT molecular complexity index is 545. The van der Waals surface area contributed by atoms with E-state index in [1.807, 2.05) is 6.07 Å². The van der Waals surface area contributed by atoms with Crippen molar-refractivity contribution in [1.82, 2.24) is 9.97 Å². The number of ether oxygens (including phenoxy) is 1. The lowest BCUT2D eigenvalue weighted by Crippen LogP contribution is -2.11. The molecule has 0 radical (unpaired) electrons. The molecule has 0 atom stereocenters. The van der Waals surface area contributed by atoms with Crippen LogP contribution in [0.2, 0.25) is 0 Å². The van der Waals surface area contributed by atoms with Gasteiger partial charge < -0.3 is 15.3 Å². The fraction of sp³-hybridized carbons (Fsp3) is 0.167. The van der Waals surface area contributed by atoms with E-state index in [1.165, 1.54) is 6.33 Å². The molecular weight excluding hydrogens is 232 g/mol. The van der Waals surface area contributed by atoms with Crippen LogP contribution in [0.3, 0.4) is 0 Å². The number of benzene rings is 1. The minimum absolute atomic E-state index is 0.0322. The van der Waals surface area contributed by atoms with Gasteiger partial charge in [0.05, 0.1) is 12.2 Å². The summed E-state index contributed by atoms with van der Waals surface area (Å²) < 4.78 is 5.64. The largest absolute Gasteiger partial charge is 0.439 e. The number of aromatic nitrogens is 2. The first-order chi connectivity index (χ1) is 8.74. The molecule has 0 saturated carbocycles. The zero-order valence-electron chi connectivity index (χ0n) is 9.92. The van der Waals surface area contributed by atoms with Gasteiger partial charge in [0.2, 0.25) is 5.88 Å². The summed E-state index contributed by atoms with van der Waals surface area (Å²) in [4.78, 5) is 8.01. The predicted octanol–water partition coefficient (Wildman–Crippen LogP) is 1.36. The summed E-state index contributed by atoms with van der Waals surface area (Å²) in [6.45, 7) is 1.77. The molecule has 1 heterocycles. The number of hydrogen-bond acceptors (Lipinski definition) is 6. The second-order valence-corrected chi connectivity index (χ2v) is 3.70. The highest BCUT2D eigenvalue weighted by Crippen LogP contribution is 2.26. The summed E-state index contributed by atoms with van der Waals surface area (Å²) in [6.07, 6.45) is 1.37. The highest BCUT2D eigenvalue weighted by Gasteiger charge is 2.08. The van der Waals surface area contributed by atoms with Crippen LogP contribution in [0, 0.1) is 6.92 Å². The van der Waals surface area contributed by atoms with Crippen LogP contribution in [0.4, 0.5) is 5.82 Å². The number of hydrogen-bond donors (Lipinski definition) is 3. The Morgan fingerprint density at radius 1 is 1.39 bits per heavy atom. The van der Waals surface area contributed by atoms with Crippen molar-refractivity contribution in [3.8, 4) is 11.6 Å². The van der Waals surface area contributed by atoms with Crippen LogP contribution < -0.4 is 16.0 Å². The molecule has 4 N–H and O–H groups in total. The second kappa shape index (κ2) is 5.44. The molecule has 6 nitrogen and oxygen atoms in total. The maximum Gasteiger partial charge on any atom is 0.227 e. The van der Waals surface area contributed by atoms with E-state index >= 15 is 0 Å². The van der Waals surface area contributed by atoms with E-state index in [-0.39, 0.29) is 6.61 Å². The fourth-order valence-corrected chi connectivity index (χ4v) is 1.50. The molecule has 94 valence electrons. The van der Waals surface area contributed by atoms with Gasteiger partial charge in [-0.2, -0.15) is 0 Å². The Morgan fingerprint density at radius 2 is 2.22 bits per heavy atom. The third-order valence-corrected chi connectivity index (χ3v) is 2.47. The molecule has 2 aromatic rings. The number of rotatable bonds is 4. The van der Waals surface area contributed by atoms with Gasteiger partial charge in [-0.15, -0.1) is 0 Å². The van der Waals surface area contributed by atoms with Gasteiger partial charge >= 0.3 is 0 Å². The number of anilines is 1. The Balaban J connectivity index is 2.28. The topological polar surface area (TPSA) is 93.3 Å². The van der Waals surface area contributed by atoms with Gasteiger partial charge in [-0.1, -0.05) is 12.1 Å². The van der Waals surface area contributed by atoms with Crippen molar-refractivity contribution >= 4 is 5.82 Å². The normalized spacial score (nSPS) is 10.2. The van der Waals surface area contributed by atoms with E-state index in [9.17, 15) is 0 Å². The van der Waals surface area contributed by atoms with Gasteiger partial charge in [-0.3, -0.25) is 0 Å². The fourth-order valence-electron chi connectivity index (χ4n) is 1.50. The average molecular weight is 246 g/mol. The predicted molar refractivity (Wildman–Crippen MR) is 67.0 cm³/mol. The molecule has 18 heavy (non-hydrogen) atoms. The molecule has 0 amide bonds. The first-order valence-corrected chi connectivity index (χ1v) is 5.40. The van der Waals surface area contributed by atoms with Crippen LogP contribution in [-0.2, 0) is 6.61 Å². The molecule has 1 aromatic heterocycles. The summed E-state index contributed by atoms with van der Waals surface area (Å²) >= 11 is 0. The van der Waals surface area contributed by atoms with Gasteiger partial charge in [0.15, 0.2) is 0 Å². The SMILES string of the molecule is Cc1c(NN)ncnc1Oc1cccc(CO)c1. The van der Waals surface area contributed by atoms with Crippen molar-refractivity contribution < 1.29 is 9.84 Å². The molecule has 0 unspecified atom stereocenters. The Labute approximate surface area is 104 Å². The third-order valence-electron chi connectivity index (χ3n) is 2.47. The van der Waals surface area contributed by atoms with Crippen LogP contribution in [-0.4, -0.2) is 15.1 Å². The van der Waals surface area contributed by atoms with Gasteiger partial charge in [0.25, 0.3) is 0 Å². The number of aliphatic hydroxyl groups is 1. The van der Waals surface area contributed by atoms with E-state index in [0.717, 1.165) is 11.1 Å². The van der Waals surface area contributed by atoms with Crippen molar-refractivity contribution in [2.24, 2.45) is 5.84 Å². The minimum atomic E-state index is -0.0322. The lowest BCUT2D eigenvalue weighted by Gasteiger charge is -2.10. The van der Waals surface area contributed by atoms with Gasteiger partial charge in [0, 0.05) is 0 Å². The standard InChI is InChI=1S/C12H14N4O2/c1-8-11(16-13)14-7-15-12(8)18-10-4-2-3-9(5-10)6-17/h2-5,7,17H,6,13H2,1H3,(H,14,15,16). The molecule has 0 aliphatic heterocycles. The molecule has 2 rings (SSSR count). The summed E-state index contributed by atoms with van der Waals surface area (Å²) in [7, 11) is 0. The summed E-state index contributed by atoms with van der Waals surface area (Å²) in [6, 6.07) is 7.15. The third kappa shape index (κ3) is 2.55. The van der Waals surface area contributed by atoms with Gasteiger partial charge in [-0.05, 0) is 24.6 Å². The van der Waals surface area contributed by atoms with Crippen molar-refractivity contribution in [2.75, 3.05) is 5.43 Å². The van der Waals surface area contributed by atoms with Crippen molar-refractivity contribution in [1.29, 1.82) is 0 Å². The summed E-state index contributed by atoms with van der Waals surface area (Å²) in [5, 5.41) is 9.06. The summed E-state index contributed by atoms with van der Waals surface area (Å²) in [5.41, 5.74) is 3.96. The smallest absolute Gasteiger partial charge is 0.227 e. The lowest BCUT2D eigenvalue weighted by molar-refractivity contribution is 0.281. The zero-order valence-corrected chi connectivity index (χ0v) is 9.92. The first-order valence-electron chi connectivity index (χ1n) is 5.40. The molecule has 0 aliphatic rings. The van der Waals surface area contributed by atoms with E-state index in [0.29, 0.717) is 17.4 Å². The van der Waals surface area contributed by atoms with E-state index in [4.69, 9.17) is 15.7 Å². The molecular formula is C12H14N4O2. The van der Waals surface area contributed by atoms with Crippen LogP contribution in [0.5, 0.6) is 11.6 Å². The van der Waals surface area contributed by atoms with Crippen LogP contribution in [0.1, 0.15) is 11.1 Å². The van der Waals surface area contributed by atoms with E-state index in [2.05, 4.69) is 15.4 Å². The molecule has 0 saturated heterocycles. The Kier molecular flexibility index (Phi) is 3.71. The minimum Gasteiger partial charge on any atom is -0.439 e. The Hall–Kier alpha value is -2.18. The highest BCUT2D eigenvalue weighted by atomic mass is 16.5. The number of nitrogen functional groups attached to an aromatic ring is 1. The highest BCUT2D eigenvalue weighted by molar-refractivity contribution is 5.47. The monoisotopic (exact) mass is 246 g/mol. The molecule has 6 heteroatoms. The van der Waals surface area contributed by atoms with Crippen LogP contribution in [0.15, 0.2) is 30.6 Å². The van der Waals surface area contributed by atoms with Gasteiger partial charge in [0.1, 0.15) is 17.9 Å². The number of hydrazine groups is 1. The van der Waals surface area contributed by atoms with Gasteiger partial charge in [-0.25, -0.2) is 15.8 Å². The molecule has 0 fully saturated rings. The first kappa shape index (κ1) is 12.3. The summed E-state index contributed by atoms with van der Waals surface area (Å²) in [5.74, 6) is 6.87.